The number of amides is 3. The van der Waals surface area contributed by atoms with Gasteiger partial charge in [-0.15, -0.1) is 16.9 Å². The van der Waals surface area contributed by atoms with Gasteiger partial charge < -0.3 is 4.90 Å². The van der Waals surface area contributed by atoms with Crippen LogP contribution in [0.2, 0.25) is 5.02 Å². The maximum Gasteiger partial charge on any atom is 0.332 e. The molecule has 1 saturated carbocycles. The predicted molar refractivity (Wildman–Crippen MR) is 128 cm³/mol. The molecule has 2 fully saturated rings. The van der Waals surface area contributed by atoms with Gasteiger partial charge in [0.25, 0.3) is 5.91 Å². The highest BCUT2D eigenvalue weighted by Crippen LogP contribution is 2.47. The molecule has 0 bridgehead atoms. The van der Waals surface area contributed by atoms with Crippen molar-refractivity contribution in [1.29, 1.82) is 5.26 Å². The Morgan fingerprint density at radius 2 is 2.03 bits per heavy atom. The number of imide groups is 1. The van der Waals surface area contributed by atoms with Crippen molar-refractivity contribution in [2.45, 2.75) is 36.6 Å². The molecule has 170 valence electrons. The first kappa shape index (κ1) is 21.1. The van der Waals surface area contributed by atoms with E-state index in [0.717, 1.165) is 23.3 Å². The molecule has 3 aromatic rings. The van der Waals surface area contributed by atoms with Crippen molar-refractivity contribution >= 4 is 56.9 Å². The van der Waals surface area contributed by atoms with Crippen molar-refractivity contribution in [2.24, 2.45) is 0 Å². The number of nitriles is 1. The molecule has 4 heterocycles. The van der Waals surface area contributed by atoms with Gasteiger partial charge in [-0.25, -0.2) is 14.4 Å². The van der Waals surface area contributed by atoms with Crippen LogP contribution in [-0.2, 0) is 4.79 Å². The van der Waals surface area contributed by atoms with Crippen LogP contribution in [0.25, 0.3) is 15.9 Å². The van der Waals surface area contributed by atoms with Crippen LogP contribution < -0.4 is 4.90 Å². The summed E-state index contributed by atoms with van der Waals surface area (Å²) in [5, 5.41) is 17.7. The molecular formula is C23H18ClN7O2S. The zero-order chi connectivity index (χ0) is 23.4. The van der Waals surface area contributed by atoms with Gasteiger partial charge in [0.1, 0.15) is 16.3 Å². The minimum Gasteiger partial charge on any atom is -0.315 e. The van der Waals surface area contributed by atoms with Gasteiger partial charge in [-0.2, -0.15) is 5.26 Å². The summed E-state index contributed by atoms with van der Waals surface area (Å²) >= 11 is 7.81. The molecule has 3 aliphatic rings. The van der Waals surface area contributed by atoms with Crippen molar-refractivity contribution in [2.75, 3.05) is 11.4 Å². The highest BCUT2D eigenvalue weighted by Gasteiger charge is 2.50. The molecule has 2 aromatic heterocycles. The summed E-state index contributed by atoms with van der Waals surface area (Å²) in [5.74, 6) is -0.329. The number of nitrogens with zero attached hydrogens (tertiary/aromatic N) is 7. The third kappa shape index (κ3) is 3.27. The summed E-state index contributed by atoms with van der Waals surface area (Å²) in [7, 11) is 0. The molecule has 1 saturated heterocycles. The summed E-state index contributed by atoms with van der Waals surface area (Å²) in [5.41, 5.74) is 2.34. The normalized spacial score (nSPS) is 22.2. The number of urea groups is 1. The van der Waals surface area contributed by atoms with Crippen LogP contribution in [0.3, 0.4) is 0 Å². The topological polar surface area (TPSA) is 108 Å². The molecule has 0 spiro atoms. The van der Waals surface area contributed by atoms with E-state index in [-0.39, 0.29) is 24.9 Å². The zero-order valence-electron chi connectivity index (χ0n) is 17.8. The number of carbonyl (C=O) groups excluding carboxylic acids is 2. The number of hydrogen-bond acceptors (Lipinski definition) is 7. The largest absolute Gasteiger partial charge is 0.332 e. The van der Waals surface area contributed by atoms with Crippen LogP contribution in [0, 0.1) is 11.3 Å². The molecule has 2 unspecified atom stereocenters. The first-order valence-corrected chi connectivity index (χ1v) is 12.2. The Morgan fingerprint density at radius 1 is 1.21 bits per heavy atom. The second-order valence-electron chi connectivity index (χ2n) is 8.39. The van der Waals surface area contributed by atoms with E-state index in [0.29, 0.717) is 21.7 Å². The Morgan fingerprint density at radius 3 is 2.79 bits per heavy atom. The van der Waals surface area contributed by atoms with Gasteiger partial charge >= 0.3 is 6.03 Å². The van der Waals surface area contributed by atoms with Gasteiger partial charge in [0, 0.05) is 22.0 Å². The fourth-order valence-corrected chi connectivity index (χ4v) is 6.15. The van der Waals surface area contributed by atoms with E-state index in [1.54, 1.807) is 21.8 Å². The zero-order valence-corrected chi connectivity index (χ0v) is 19.4. The molecule has 6 rings (SSSR count). The standard InChI is InChI=1S/C23H18ClN7O2S/c24-15-5-2-1-4-14(15)19-10-17-21(34-19)22(32)30(23(33)29(17)9-3-8-25)18-12-26-11-16-20(18)31(28-27-16)13-6-7-13/h1-2,4-5,10-13,17,21H,3,6-7,9H2. The molecule has 1 aromatic carbocycles. The number of aromatic nitrogens is 4. The molecular weight excluding hydrogens is 474 g/mol. The molecule has 2 atom stereocenters. The van der Waals surface area contributed by atoms with Crippen molar-refractivity contribution in [3.05, 3.63) is 53.3 Å². The van der Waals surface area contributed by atoms with Crippen LogP contribution >= 0.6 is 23.4 Å². The average molecular weight is 492 g/mol. The number of benzene rings is 1. The Kier molecular flexibility index (Phi) is 5.04. The van der Waals surface area contributed by atoms with Crippen molar-refractivity contribution in [1.82, 2.24) is 24.9 Å². The van der Waals surface area contributed by atoms with Gasteiger partial charge in [-0.1, -0.05) is 35.0 Å². The summed E-state index contributed by atoms with van der Waals surface area (Å²) in [4.78, 5) is 35.4. The lowest BCUT2D eigenvalue weighted by molar-refractivity contribution is -0.119. The monoisotopic (exact) mass is 491 g/mol. The second kappa shape index (κ2) is 8.11. The Hall–Kier alpha value is -3.42. The number of pyridine rings is 1. The molecule has 11 heteroatoms. The SMILES string of the molecule is N#CCCN1C(=O)N(c2cncc3nnn(C4CC4)c23)C(=O)C2SC(c3ccccc3Cl)=CC21. The average Bonchev–Trinajstić information content (AvgIpc) is 3.43. The number of rotatable bonds is 5. The number of fused-ring (bicyclic) bond motifs is 2. The van der Waals surface area contributed by atoms with Gasteiger partial charge in [-0.05, 0) is 25.0 Å². The number of anilines is 1. The lowest BCUT2D eigenvalue weighted by atomic mass is 10.0. The van der Waals surface area contributed by atoms with Crippen LogP contribution in [0.5, 0.6) is 0 Å². The fourth-order valence-electron chi connectivity index (χ4n) is 4.49. The molecule has 3 amide bonds. The van der Waals surface area contributed by atoms with E-state index in [1.165, 1.54) is 22.9 Å². The number of hydrogen-bond donors (Lipinski definition) is 0. The first-order valence-electron chi connectivity index (χ1n) is 10.9. The number of carbonyl (C=O) groups is 2. The Labute approximate surface area is 204 Å². The summed E-state index contributed by atoms with van der Waals surface area (Å²) in [6.45, 7) is 0.205. The molecule has 0 N–H and O–H groups in total. The van der Waals surface area contributed by atoms with E-state index >= 15 is 0 Å². The summed E-state index contributed by atoms with van der Waals surface area (Å²) in [6, 6.07) is 8.79. The second-order valence-corrected chi connectivity index (χ2v) is 9.98. The van der Waals surface area contributed by atoms with E-state index in [4.69, 9.17) is 11.6 Å². The van der Waals surface area contributed by atoms with Gasteiger partial charge in [0.2, 0.25) is 0 Å². The summed E-state index contributed by atoms with van der Waals surface area (Å²) in [6.07, 6.45) is 7.12. The molecule has 0 radical (unpaired) electrons. The number of thioether (sulfide) groups is 1. The Bertz CT molecular complexity index is 1410. The van der Waals surface area contributed by atoms with Crippen LogP contribution in [-0.4, -0.2) is 54.7 Å². The first-order chi connectivity index (χ1) is 16.6. The van der Waals surface area contributed by atoms with Crippen molar-refractivity contribution < 1.29 is 9.59 Å². The fraction of sp³-hybridized carbons (Fsp3) is 0.304. The third-order valence-corrected chi connectivity index (χ3v) is 7.92. The van der Waals surface area contributed by atoms with Gasteiger partial charge in [0.05, 0.1) is 42.7 Å². The van der Waals surface area contributed by atoms with E-state index < -0.39 is 17.3 Å². The van der Waals surface area contributed by atoms with E-state index in [9.17, 15) is 14.9 Å². The van der Waals surface area contributed by atoms with Crippen LogP contribution in [0.1, 0.15) is 30.9 Å². The minimum absolute atomic E-state index is 0.154. The highest BCUT2D eigenvalue weighted by atomic mass is 35.5. The van der Waals surface area contributed by atoms with E-state index in [1.807, 2.05) is 24.3 Å². The van der Waals surface area contributed by atoms with Gasteiger partial charge in [-0.3, -0.25) is 9.78 Å². The third-order valence-electron chi connectivity index (χ3n) is 6.24. The molecule has 1 aliphatic carbocycles. The number of halogens is 1. The lowest BCUT2D eigenvalue weighted by Crippen LogP contribution is -2.62. The smallest absolute Gasteiger partial charge is 0.315 e. The lowest BCUT2D eigenvalue weighted by Gasteiger charge is -2.40. The van der Waals surface area contributed by atoms with Crippen molar-refractivity contribution in [3.63, 3.8) is 0 Å². The van der Waals surface area contributed by atoms with Gasteiger partial charge in [0.15, 0.2) is 0 Å². The van der Waals surface area contributed by atoms with Crippen LogP contribution in [0.4, 0.5) is 10.5 Å². The maximum absolute atomic E-state index is 13.8. The maximum atomic E-state index is 13.8. The quantitative estimate of drug-likeness (QED) is 0.530. The Balaban J connectivity index is 1.44. The molecule has 9 nitrogen and oxygen atoms in total. The van der Waals surface area contributed by atoms with E-state index in [2.05, 4.69) is 21.4 Å². The van der Waals surface area contributed by atoms with Crippen LogP contribution in [0.15, 0.2) is 42.7 Å². The minimum atomic E-state index is -0.567. The molecule has 2 aliphatic heterocycles. The van der Waals surface area contributed by atoms with Crippen molar-refractivity contribution in [3.8, 4) is 6.07 Å². The highest BCUT2D eigenvalue weighted by molar-refractivity contribution is 8.09. The predicted octanol–water partition coefficient (Wildman–Crippen LogP) is 4.02. The molecule has 34 heavy (non-hydrogen) atoms. The summed E-state index contributed by atoms with van der Waals surface area (Å²) < 4.78 is 1.79.